The van der Waals surface area contributed by atoms with Gasteiger partial charge in [0.25, 0.3) is 0 Å². The van der Waals surface area contributed by atoms with Gasteiger partial charge in [0.2, 0.25) is 0 Å². The van der Waals surface area contributed by atoms with Gasteiger partial charge in [-0.05, 0) is 33.8 Å². The first-order chi connectivity index (χ1) is 8.86. The third kappa shape index (κ3) is 3.12. The highest BCUT2D eigenvalue weighted by atomic mass is 79.9. The molecule has 1 aliphatic heterocycles. The average Bonchev–Trinajstić information content (AvgIpc) is 2.56. The SMILES string of the molecule is CC1(C)OB(c2cncc(OCCBr)c2)OC1(C)C. The Morgan fingerprint density at radius 2 is 1.84 bits per heavy atom. The Kier molecular flexibility index (Phi) is 4.23. The van der Waals surface area contributed by atoms with Gasteiger partial charge in [-0.15, -0.1) is 0 Å². The fourth-order valence-corrected chi connectivity index (χ4v) is 1.94. The zero-order chi connectivity index (χ0) is 14.1. The van der Waals surface area contributed by atoms with Gasteiger partial charge in [0, 0.05) is 17.0 Å². The first kappa shape index (κ1) is 14.8. The van der Waals surface area contributed by atoms with Gasteiger partial charge in [-0.25, -0.2) is 0 Å². The minimum atomic E-state index is -0.398. The topological polar surface area (TPSA) is 40.6 Å². The first-order valence-corrected chi connectivity index (χ1v) is 7.47. The standard InChI is InChI=1S/C13H19BBrNO3/c1-12(2)13(3,4)19-14(18-12)10-7-11(9-16-8-10)17-6-5-15/h7-9H,5-6H2,1-4H3. The van der Waals surface area contributed by atoms with E-state index in [1.807, 2.05) is 33.8 Å². The van der Waals surface area contributed by atoms with Crippen molar-refractivity contribution in [3.8, 4) is 5.75 Å². The van der Waals surface area contributed by atoms with Gasteiger partial charge in [-0.1, -0.05) is 15.9 Å². The smallest absolute Gasteiger partial charge is 0.491 e. The molecule has 4 nitrogen and oxygen atoms in total. The van der Waals surface area contributed by atoms with E-state index in [1.54, 1.807) is 12.4 Å². The van der Waals surface area contributed by atoms with Gasteiger partial charge in [0.05, 0.1) is 24.0 Å². The molecule has 0 bridgehead atoms. The molecule has 0 unspecified atom stereocenters. The van der Waals surface area contributed by atoms with Crippen molar-refractivity contribution in [1.82, 2.24) is 4.98 Å². The lowest BCUT2D eigenvalue weighted by Gasteiger charge is -2.32. The van der Waals surface area contributed by atoms with Crippen molar-refractivity contribution in [2.75, 3.05) is 11.9 Å². The summed E-state index contributed by atoms with van der Waals surface area (Å²) in [6.45, 7) is 8.74. The summed E-state index contributed by atoms with van der Waals surface area (Å²) in [5.41, 5.74) is 0.195. The molecule has 1 saturated heterocycles. The lowest BCUT2D eigenvalue weighted by Crippen LogP contribution is -2.41. The molecule has 0 aromatic carbocycles. The van der Waals surface area contributed by atoms with Crippen molar-refractivity contribution in [3.63, 3.8) is 0 Å². The zero-order valence-corrected chi connectivity index (χ0v) is 13.4. The Hall–Kier alpha value is -0.585. The highest BCUT2D eigenvalue weighted by Gasteiger charge is 2.51. The molecule has 1 aromatic rings. The van der Waals surface area contributed by atoms with Crippen LogP contribution >= 0.6 is 15.9 Å². The molecule has 1 aromatic heterocycles. The van der Waals surface area contributed by atoms with Crippen molar-refractivity contribution < 1.29 is 14.0 Å². The monoisotopic (exact) mass is 327 g/mol. The number of rotatable bonds is 4. The predicted molar refractivity (Wildman–Crippen MR) is 79.2 cm³/mol. The van der Waals surface area contributed by atoms with Gasteiger partial charge in [-0.3, -0.25) is 4.98 Å². The molecule has 1 fully saturated rings. The van der Waals surface area contributed by atoms with Crippen molar-refractivity contribution in [1.29, 1.82) is 0 Å². The summed E-state index contributed by atoms with van der Waals surface area (Å²) in [5, 5.41) is 0.785. The molecule has 19 heavy (non-hydrogen) atoms. The van der Waals surface area contributed by atoms with Gasteiger partial charge in [-0.2, -0.15) is 0 Å². The van der Waals surface area contributed by atoms with Crippen LogP contribution in [0.25, 0.3) is 0 Å². The molecule has 6 heteroatoms. The van der Waals surface area contributed by atoms with Gasteiger partial charge >= 0.3 is 7.12 Å². The number of pyridine rings is 1. The van der Waals surface area contributed by atoms with E-state index in [-0.39, 0.29) is 11.2 Å². The number of hydrogen-bond donors (Lipinski definition) is 0. The molecule has 0 spiro atoms. The molecule has 2 rings (SSSR count). The molecule has 0 amide bonds. The summed E-state index contributed by atoms with van der Waals surface area (Å²) >= 11 is 3.33. The third-order valence-corrected chi connectivity index (χ3v) is 3.93. The summed E-state index contributed by atoms with van der Waals surface area (Å²) in [4.78, 5) is 4.18. The van der Waals surface area contributed by atoms with E-state index in [0.29, 0.717) is 6.61 Å². The van der Waals surface area contributed by atoms with Crippen molar-refractivity contribution >= 4 is 28.5 Å². The molecule has 1 aliphatic rings. The maximum absolute atomic E-state index is 5.98. The minimum absolute atomic E-state index is 0.343. The number of nitrogens with zero attached hydrogens (tertiary/aromatic N) is 1. The number of alkyl halides is 1. The Bertz CT molecular complexity index is 437. The van der Waals surface area contributed by atoms with Crippen LogP contribution in [0, 0.1) is 0 Å². The maximum atomic E-state index is 5.98. The molecule has 2 heterocycles. The fraction of sp³-hybridized carbons (Fsp3) is 0.615. The summed E-state index contributed by atoms with van der Waals surface area (Å²) in [7, 11) is -0.398. The van der Waals surface area contributed by atoms with Crippen molar-refractivity contribution in [2.45, 2.75) is 38.9 Å². The van der Waals surface area contributed by atoms with Crippen LogP contribution < -0.4 is 10.2 Å². The van der Waals surface area contributed by atoms with E-state index in [0.717, 1.165) is 16.5 Å². The molecule has 0 atom stereocenters. The van der Waals surface area contributed by atoms with E-state index in [1.165, 1.54) is 0 Å². The second-order valence-electron chi connectivity index (χ2n) is 5.58. The number of hydrogen-bond acceptors (Lipinski definition) is 4. The normalized spacial score (nSPS) is 20.6. The molecule has 0 radical (unpaired) electrons. The van der Waals surface area contributed by atoms with Gasteiger partial charge in [0.15, 0.2) is 0 Å². The Balaban J connectivity index is 2.15. The fourth-order valence-electron chi connectivity index (χ4n) is 1.78. The average molecular weight is 328 g/mol. The number of aromatic nitrogens is 1. The van der Waals surface area contributed by atoms with Crippen LogP contribution in [0.1, 0.15) is 27.7 Å². The Labute approximate surface area is 123 Å². The van der Waals surface area contributed by atoms with Crippen LogP contribution in [0.2, 0.25) is 0 Å². The highest BCUT2D eigenvalue weighted by Crippen LogP contribution is 2.36. The van der Waals surface area contributed by atoms with Crippen LogP contribution in [-0.4, -0.2) is 35.2 Å². The molecular formula is C13H19BBrNO3. The van der Waals surface area contributed by atoms with E-state index in [2.05, 4.69) is 20.9 Å². The lowest BCUT2D eigenvalue weighted by molar-refractivity contribution is 0.00578. The molecule has 0 saturated carbocycles. The highest BCUT2D eigenvalue weighted by molar-refractivity contribution is 9.09. The maximum Gasteiger partial charge on any atom is 0.496 e. The van der Waals surface area contributed by atoms with E-state index < -0.39 is 7.12 Å². The lowest BCUT2D eigenvalue weighted by atomic mass is 9.80. The predicted octanol–water partition coefficient (Wildman–Crippen LogP) is 2.15. The summed E-state index contributed by atoms with van der Waals surface area (Å²) < 4.78 is 17.5. The summed E-state index contributed by atoms with van der Waals surface area (Å²) in [5.74, 6) is 0.728. The zero-order valence-electron chi connectivity index (χ0n) is 11.8. The van der Waals surface area contributed by atoms with E-state index in [9.17, 15) is 0 Å². The van der Waals surface area contributed by atoms with Crippen LogP contribution in [0.5, 0.6) is 5.75 Å². The van der Waals surface area contributed by atoms with Crippen LogP contribution in [-0.2, 0) is 9.31 Å². The quantitative estimate of drug-likeness (QED) is 0.627. The van der Waals surface area contributed by atoms with Crippen LogP contribution in [0.4, 0.5) is 0 Å². The molecule has 104 valence electrons. The van der Waals surface area contributed by atoms with Gasteiger partial charge < -0.3 is 14.0 Å². The molecule has 0 N–H and O–H groups in total. The van der Waals surface area contributed by atoms with Crippen LogP contribution in [0.3, 0.4) is 0 Å². The van der Waals surface area contributed by atoms with Gasteiger partial charge in [0.1, 0.15) is 5.75 Å². The summed E-state index contributed by atoms with van der Waals surface area (Å²) in [6.07, 6.45) is 3.44. The van der Waals surface area contributed by atoms with E-state index in [4.69, 9.17) is 14.0 Å². The third-order valence-electron chi connectivity index (χ3n) is 3.61. The second kappa shape index (κ2) is 5.42. The molecule has 0 aliphatic carbocycles. The van der Waals surface area contributed by atoms with Crippen molar-refractivity contribution in [2.24, 2.45) is 0 Å². The number of halogens is 1. The van der Waals surface area contributed by atoms with E-state index >= 15 is 0 Å². The minimum Gasteiger partial charge on any atom is -0.491 e. The Morgan fingerprint density at radius 1 is 1.21 bits per heavy atom. The first-order valence-electron chi connectivity index (χ1n) is 6.35. The summed E-state index contributed by atoms with van der Waals surface area (Å²) in [6, 6.07) is 1.91. The Morgan fingerprint density at radius 3 is 2.42 bits per heavy atom. The van der Waals surface area contributed by atoms with Crippen LogP contribution in [0.15, 0.2) is 18.5 Å². The van der Waals surface area contributed by atoms with Crippen molar-refractivity contribution in [3.05, 3.63) is 18.5 Å². The number of ether oxygens (including phenoxy) is 1. The largest absolute Gasteiger partial charge is 0.496 e. The molecular weight excluding hydrogens is 309 g/mol. The second-order valence-corrected chi connectivity index (χ2v) is 6.37.